The predicted molar refractivity (Wildman–Crippen MR) is 113 cm³/mol. The number of nitrogens with zero attached hydrogens (tertiary/aromatic N) is 4. The molecule has 3 heterocycles. The third-order valence-corrected chi connectivity index (χ3v) is 6.00. The fourth-order valence-corrected chi connectivity index (χ4v) is 4.40. The standard InChI is InChI=1S/C20H30N6O2S/c1-5-26-18(8-13(2)24-26)20(28)23-16-7-6-15(10-25(4)11-16)19(27)21-9-17-12-29-14(3)22-17/h8,12,15-16H,5-7,9-11H2,1-4H3,(H,21,27)(H,23,28)/t15-,16+/m1/s1. The number of hydrogen-bond donors (Lipinski definition) is 2. The van der Waals surface area contributed by atoms with Crippen molar-refractivity contribution in [2.24, 2.45) is 5.92 Å². The molecule has 1 aliphatic rings. The van der Waals surface area contributed by atoms with E-state index < -0.39 is 0 Å². The highest BCUT2D eigenvalue weighted by Gasteiger charge is 2.28. The van der Waals surface area contributed by atoms with Crippen LogP contribution in [-0.4, -0.2) is 57.7 Å². The smallest absolute Gasteiger partial charge is 0.269 e. The minimum Gasteiger partial charge on any atom is -0.350 e. The number of amides is 2. The van der Waals surface area contributed by atoms with Gasteiger partial charge in [0.2, 0.25) is 5.91 Å². The highest BCUT2D eigenvalue weighted by molar-refractivity contribution is 7.09. The summed E-state index contributed by atoms with van der Waals surface area (Å²) in [6.45, 7) is 8.34. The number of likely N-dealkylation sites (tertiary alicyclic amines) is 1. The van der Waals surface area contributed by atoms with E-state index in [-0.39, 0.29) is 23.8 Å². The number of likely N-dealkylation sites (N-methyl/N-ethyl adjacent to an activating group) is 1. The molecule has 2 N–H and O–H groups in total. The first-order valence-electron chi connectivity index (χ1n) is 10.1. The third-order valence-electron chi connectivity index (χ3n) is 5.18. The van der Waals surface area contributed by atoms with Gasteiger partial charge in [0, 0.05) is 31.1 Å². The minimum atomic E-state index is -0.104. The van der Waals surface area contributed by atoms with E-state index in [0.717, 1.165) is 35.8 Å². The number of hydrogen-bond acceptors (Lipinski definition) is 6. The molecule has 0 unspecified atom stereocenters. The Morgan fingerprint density at radius 2 is 2.07 bits per heavy atom. The fraction of sp³-hybridized carbons (Fsp3) is 0.600. The Morgan fingerprint density at radius 3 is 2.76 bits per heavy atom. The number of rotatable bonds is 6. The zero-order valence-electron chi connectivity index (χ0n) is 17.6. The first-order chi connectivity index (χ1) is 13.9. The summed E-state index contributed by atoms with van der Waals surface area (Å²) in [5.41, 5.74) is 2.32. The molecule has 0 saturated carbocycles. The second kappa shape index (κ2) is 9.49. The molecule has 29 heavy (non-hydrogen) atoms. The van der Waals surface area contributed by atoms with Gasteiger partial charge in [-0.2, -0.15) is 5.10 Å². The van der Waals surface area contributed by atoms with E-state index in [1.807, 2.05) is 39.3 Å². The second-order valence-corrected chi connectivity index (χ2v) is 8.79. The van der Waals surface area contributed by atoms with Gasteiger partial charge < -0.3 is 15.5 Å². The van der Waals surface area contributed by atoms with Crippen molar-refractivity contribution in [2.45, 2.75) is 52.7 Å². The highest BCUT2D eigenvalue weighted by atomic mass is 32.1. The van der Waals surface area contributed by atoms with Crippen LogP contribution in [0.2, 0.25) is 0 Å². The molecule has 1 aliphatic heterocycles. The van der Waals surface area contributed by atoms with Gasteiger partial charge in [0.25, 0.3) is 5.91 Å². The van der Waals surface area contributed by atoms with Gasteiger partial charge in [0.05, 0.1) is 28.9 Å². The van der Waals surface area contributed by atoms with E-state index in [9.17, 15) is 9.59 Å². The summed E-state index contributed by atoms with van der Waals surface area (Å²) in [5.74, 6) is -0.146. The summed E-state index contributed by atoms with van der Waals surface area (Å²) in [4.78, 5) is 31.9. The van der Waals surface area contributed by atoms with Gasteiger partial charge in [-0.05, 0) is 46.7 Å². The van der Waals surface area contributed by atoms with Crippen molar-refractivity contribution in [1.29, 1.82) is 0 Å². The number of thiazole rings is 1. The quantitative estimate of drug-likeness (QED) is 0.745. The first-order valence-corrected chi connectivity index (χ1v) is 11.0. The lowest BCUT2D eigenvalue weighted by molar-refractivity contribution is -0.125. The Labute approximate surface area is 175 Å². The maximum Gasteiger partial charge on any atom is 0.269 e. The van der Waals surface area contributed by atoms with Crippen molar-refractivity contribution in [3.8, 4) is 0 Å². The molecular weight excluding hydrogens is 388 g/mol. The average molecular weight is 419 g/mol. The van der Waals surface area contributed by atoms with E-state index in [0.29, 0.717) is 25.3 Å². The van der Waals surface area contributed by atoms with Crippen LogP contribution in [0, 0.1) is 19.8 Å². The molecule has 0 radical (unpaired) electrons. The van der Waals surface area contributed by atoms with Crippen LogP contribution in [0.5, 0.6) is 0 Å². The number of carbonyl (C=O) groups is 2. The molecule has 158 valence electrons. The Hall–Kier alpha value is -2.26. The number of carbonyl (C=O) groups excluding carboxylic acids is 2. The number of aromatic nitrogens is 3. The topological polar surface area (TPSA) is 92.1 Å². The monoisotopic (exact) mass is 418 g/mol. The molecule has 1 saturated heterocycles. The van der Waals surface area contributed by atoms with E-state index >= 15 is 0 Å². The van der Waals surface area contributed by atoms with Crippen molar-refractivity contribution < 1.29 is 9.59 Å². The van der Waals surface area contributed by atoms with Crippen molar-refractivity contribution in [1.82, 2.24) is 30.3 Å². The van der Waals surface area contributed by atoms with Crippen LogP contribution in [0.4, 0.5) is 0 Å². The van der Waals surface area contributed by atoms with Crippen LogP contribution in [0.1, 0.15) is 46.6 Å². The van der Waals surface area contributed by atoms with Crippen LogP contribution in [0.15, 0.2) is 11.4 Å². The van der Waals surface area contributed by atoms with Crippen LogP contribution in [-0.2, 0) is 17.9 Å². The molecule has 8 nitrogen and oxygen atoms in total. The lowest BCUT2D eigenvalue weighted by atomic mass is 10.0. The summed E-state index contributed by atoms with van der Waals surface area (Å²) in [7, 11) is 2.00. The number of nitrogens with one attached hydrogen (secondary N) is 2. The Kier molecular flexibility index (Phi) is 7.02. The normalized spacial score (nSPS) is 20.3. The first kappa shape index (κ1) is 21.4. The van der Waals surface area contributed by atoms with Crippen LogP contribution in [0.25, 0.3) is 0 Å². The predicted octanol–water partition coefficient (Wildman–Crippen LogP) is 1.73. The highest BCUT2D eigenvalue weighted by Crippen LogP contribution is 2.17. The number of aryl methyl sites for hydroxylation is 3. The zero-order valence-corrected chi connectivity index (χ0v) is 18.4. The van der Waals surface area contributed by atoms with E-state index in [2.05, 4.69) is 25.6 Å². The Morgan fingerprint density at radius 1 is 1.28 bits per heavy atom. The Bertz CT molecular complexity index is 861. The SMILES string of the molecule is CCn1nc(C)cc1C(=O)N[C@H]1CC[C@@H](C(=O)NCc2csc(C)n2)CN(C)C1. The maximum atomic E-state index is 12.7. The average Bonchev–Trinajstić information content (AvgIpc) is 3.22. The van der Waals surface area contributed by atoms with Gasteiger partial charge in [-0.15, -0.1) is 11.3 Å². The molecule has 2 amide bonds. The lowest BCUT2D eigenvalue weighted by Gasteiger charge is -2.22. The van der Waals surface area contributed by atoms with Crippen molar-refractivity contribution in [3.05, 3.63) is 33.5 Å². The Balaban J connectivity index is 1.55. The second-order valence-electron chi connectivity index (χ2n) is 7.73. The third kappa shape index (κ3) is 5.63. The van der Waals surface area contributed by atoms with Crippen molar-refractivity contribution in [2.75, 3.05) is 20.1 Å². The molecule has 0 spiro atoms. The van der Waals surface area contributed by atoms with Gasteiger partial charge in [-0.3, -0.25) is 14.3 Å². The molecule has 2 atom stereocenters. The maximum absolute atomic E-state index is 12.7. The molecular formula is C20H30N6O2S. The van der Waals surface area contributed by atoms with E-state index in [1.54, 1.807) is 16.0 Å². The van der Waals surface area contributed by atoms with Crippen LogP contribution < -0.4 is 10.6 Å². The molecule has 2 aromatic heterocycles. The van der Waals surface area contributed by atoms with Gasteiger partial charge in [-0.25, -0.2) is 4.98 Å². The summed E-state index contributed by atoms with van der Waals surface area (Å²) in [5, 5.41) is 13.5. The summed E-state index contributed by atoms with van der Waals surface area (Å²) in [6.07, 6.45) is 1.51. The lowest BCUT2D eigenvalue weighted by Crippen LogP contribution is -2.42. The molecule has 3 rings (SSSR count). The summed E-state index contributed by atoms with van der Waals surface area (Å²) < 4.78 is 1.72. The van der Waals surface area contributed by atoms with E-state index in [1.165, 1.54) is 0 Å². The minimum absolute atomic E-state index is 0.00648. The molecule has 0 aromatic carbocycles. The fourth-order valence-electron chi connectivity index (χ4n) is 3.78. The largest absolute Gasteiger partial charge is 0.350 e. The van der Waals surface area contributed by atoms with Gasteiger partial charge >= 0.3 is 0 Å². The van der Waals surface area contributed by atoms with Crippen molar-refractivity contribution in [3.63, 3.8) is 0 Å². The van der Waals surface area contributed by atoms with E-state index in [4.69, 9.17) is 0 Å². The summed E-state index contributed by atoms with van der Waals surface area (Å²) >= 11 is 1.59. The van der Waals surface area contributed by atoms with Crippen LogP contribution in [0.3, 0.4) is 0 Å². The van der Waals surface area contributed by atoms with Crippen LogP contribution >= 0.6 is 11.3 Å². The molecule has 0 aliphatic carbocycles. The molecule has 1 fully saturated rings. The van der Waals surface area contributed by atoms with Crippen molar-refractivity contribution >= 4 is 23.2 Å². The van der Waals surface area contributed by atoms with Gasteiger partial charge in [0.1, 0.15) is 5.69 Å². The molecule has 2 aromatic rings. The van der Waals surface area contributed by atoms with Gasteiger partial charge in [0.15, 0.2) is 0 Å². The molecule has 9 heteroatoms. The zero-order chi connectivity index (χ0) is 21.0. The molecule has 0 bridgehead atoms. The summed E-state index contributed by atoms with van der Waals surface area (Å²) in [6, 6.07) is 1.82. The van der Waals surface area contributed by atoms with Gasteiger partial charge in [-0.1, -0.05) is 0 Å².